The third-order valence-corrected chi connectivity index (χ3v) is 5.68. The first kappa shape index (κ1) is 20.2. The maximum Gasteiger partial charge on any atom is 0.315 e. The molecule has 0 N–H and O–H groups in total. The van der Waals surface area contributed by atoms with E-state index >= 15 is 0 Å². The summed E-state index contributed by atoms with van der Waals surface area (Å²) in [5.41, 5.74) is 6.53. The zero-order valence-electron chi connectivity index (χ0n) is 16.3. The molecule has 144 valence electrons. The normalized spacial score (nSPS) is 10.6. The summed E-state index contributed by atoms with van der Waals surface area (Å²) in [6.07, 6.45) is 3.27. The lowest BCUT2D eigenvalue weighted by Gasteiger charge is -2.07. The summed E-state index contributed by atoms with van der Waals surface area (Å²) < 4.78 is 4.68. The molecule has 0 saturated carbocycles. The summed E-state index contributed by atoms with van der Waals surface area (Å²) >= 11 is 1.59. The molecule has 0 radical (unpaired) electrons. The first-order chi connectivity index (χ1) is 13.7. The minimum absolute atomic E-state index is 0.167. The van der Waals surface area contributed by atoms with Crippen LogP contribution < -0.4 is 0 Å². The fourth-order valence-electron chi connectivity index (χ4n) is 3.18. The number of hydrogen-bond donors (Lipinski definition) is 0. The molecule has 0 atom stereocenters. The minimum atomic E-state index is -0.167. The van der Waals surface area contributed by atoms with Crippen LogP contribution in [0.1, 0.15) is 23.1 Å². The summed E-state index contributed by atoms with van der Waals surface area (Å²) in [6.45, 7) is 0. The van der Waals surface area contributed by atoms with Gasteiger partial charge in [-0.15, -0.1) is 11.8 Å². The number of carbonyl (C=O) groups is 1. The standard InChI is InChI=1S/C25H26O2S/c1-27-25(26)19-28-18-22-10-6-9-21(17-22)8-5-7-20-13-15-24(16-14-20)23-11-3-2-4-12-23/h2-4,6,9-17H,5,7-8,18-19H2,1H3. The molecule has 0 saturated heterocycles. The van der Waals surface area contributed by atoms with E-state index in [1.165, 1.54) is 34.9 Å². The van der Waals surface area contributed by atoms with Crippen molar-refractivity contribution in [3.63, 3.8) is 0 Å². The van der Waals surface area contributed by atoms with E-state index in [2.05, 4.69) is 77.5 Å². The SMILES string of the molecule is COC(=O)CSCc1cccc(CCCc2ccc(-c3ccccc3)cc2)c1. The molecule has 0 fully saturated rings. The summed E-state index contributed by atoms with van der Waals surface area (Å²) in [4.78, 5) is 11.2. The van der Waals surface area contributed by atoms with Crippen LogP contribution in [0.15, 0.2) is 78.9 Å². The van der Waals surface area contributed by atoms with Crippen LogP contribution in [-0.2, 0) is 28.1 Å². The predicted octanol–water partition coefficient (Wildman–Crippen LogP) is 5.94. The van der Waals surface area contributed by atoms with Crippen LogP contribution in [0.2, 0.25) is 0 Å². The monoisotopic (exact) mass is 390 g/mol. The Bertz CT molecular complexity index is 873. The minimum Gasteiger partial charge on any atom is -0.468 e. The van der Waals surface area contributed by atoms with Gasteiger partial charge < -0.3 is 4.74 Å². The van der Waals surface area contributed by atoms with Crippen molar-refractivity contribution in [2.24, 2.45) is 0 Å². The number of esters is 1. The predicted molar refractivity (Wildman–Crippen MR) is 119 cm³/mol. The zero-order valence-corrected chi connectivity index (χ0v) is 17.1. The maximum absolute atomic E-state index is 11.2. The van der Waals surface area contributed by atoms with Crippen molar-refractivity contribution in [1.29, 1.82) is 0 Å². The average molecular weight is 391 g/mol. The zero-order chi connectivity index (χ0) is 19.6. The van der Waals surface area contributed by atoms with E-state index in [9.17, 15) is 4.79 Å². The maximum atomic E-state index is 11.2. The van der Waals surface area contributed by atoms with Crippen LogP contribution in [0.5, 0.6) is 0 Å². The topological polar surface area (TPSA) is 26.3 Å². The Morgan fingerprint density at radius 1 is 0.786 bits per heavy atom. The highest BCUT2D eigenvalue weighted by atomic mass is 32.2. The third-order valence-electron chi connectivity index (χ3n) is 4.70. The number of rotatable bonds is 9. The fourth-order valence-corrected chi connectivity index (χ4v) is 3.98. The van der Waals surface area contributed by atoms with Gasteiger partial charge in [0.05, 0.1) is 12.9 Å². The van der Waals surface area contributed by atoms with Crippen molar-refractivity contribution >= 4 is 17.7 Å². The number of methoxy groups -OCH3 is 1. The number of aryl methyl sites for hydroxylation is 2. The Labute approximate surface area is 171 Å². The summed E-state index contributed by atoms with van der Waals surface area (Å²) in [6, 6.07) is 28.1. The molecule has 3 aromatic carbocycles. The van der Waals surface area contributed by atoms with E-state index in [1.807, 2.05) is 6.07 Å². The Morgan fingerprint density at radius 2 is 1.46 bits per heavy atom. The molecule has 0 aromatic heterocycles. The van der Waals surface area contributed by atoms with E-state index in [4.69, 9.17) is 0 Å². The van der Waals surface area contributed by atoms with Crippen LogP contribution in [0.3, 0.4) is 0 Å². The second-order valence-electron chi connectivity index (χ2n) is 6.81. The van der Waals surface area contributed by atoms with Gasteiger partial charge in [0.25, 0.3) is 0 Å². The number of hydrogen-bond acceptors (Lipinski definition) is 3. The smallest absolute Gasteiger partial charge is 0.315 e. The van der Waals surface area contributed by atoms with Crippen LogP contribution in [0.4, 0.5) is 0 Å². The molecule has 0 spiro atoms. The van der Waals surface area contributed by atoms with E-state index in [0.717, 1.165) is 25.0 Å². The molecular formula is C25H26O2S. The molecule has 0 aliphatic heterocycles. The Hall–Kier alpha value is -2.52. The van der Waals surface area contributed by atoms with Crippen molar-refractivity contribution in [2.75, 3.05) is 12.9 Å². The second kappa shape index (κ2) is 10.7. The van der Waals surface area contributed by atoms with Gasteiger partial charge in [-0.05, 0) is 47.1 Å². The molecule has 0 bridgehead atoms. The molecule has 3 rings (SSSR count). The van der Waals surface area contributed by atoms with Gasteiger partial charge >= 0.3 is 5.97 Å². The molecule has 2 nitrogen and oxygen atoms in total. The van der Waals surface area contributed by atoms with Gasteiger partial charge in [0, 0.05) is 5.75 Å². The van der Waals surface area contributed by atoms with Crippen molar-refractivity contribution < 1.29 is 9.53 Å². The van der Waals surface area contributed by atoms with Crippen LogP contribution in [-0.4, -0.2) is 18.8 Å². The van der Waals surface area contributed by atoms with Crippen molar-refractivity contribution in [3.8, 4) is 11.1 Å². The van der Waals surface area contributed by atoms with Crippen molar-refractivity contribution in [3.05, 3.63) is 95.6 Å². The molecule has 0 aliphatic carbocycles. The van der Waals surface area contributed by atoms with E-state index < -0.39 is 0 Å². The van der Waals surface area contributed by atoms with E-state index in [0.29, 0.717) is 5.75 Å². The molecule has 28 heavy (non-hydrogen) atoms. The van der Waals surface area contributed by atoms with Gasteiger partial charge in [-0.1, -0.05) is 78.9 Å². The molecule has 3 heteroatoms. The van der Waals surface area contributed by atoms with Gasteiger partial charge in [0.2, 0.25) is 0 Å². The molecule has 0 aliphatic rings. The first-order valence-corrected chi connectivity index (χ1v) is 10.8. The largest absolute Gasteiger partial charge is 0.468 e. The quantitative estimate of drug-likeness (QED) is 0.423. The molecule has 0 heterocycles. The highest BCUT2D eigenvalue weighted by Crippen LogP contribution is 2.20. The van der Waals surface area contributed by atoms with Gasteiger partial charge in [-0.25, -0.2) is 0 Å². The average Bonchev–Trinajstić information content (AvgIpc) is 2.75. The summed E-state index contributed by atoms with van der Waals surface area (Å²) in [5, 5.41) is 0. The first-order valence-electron chi connectivity index (χ1n) is 9.61. The summed E-state index contributed by atoms with van der Waals surface area (Å²) in [5.74, 6) is 1.07. The molecule has 0 unspecified atom stereocenters. The Balaban J connectivity index is 1.47. The highest BCUT2D eigenvalue weighted by Gasteiger charge is 2.03. The van der Waals surface area contributed by atoms with Crippen LogP contribution in [0, 0.1) is 0 Å². The van der Waals surface area contributed by atoms with Gasteiger partial charge in [-0.2, -0.15) is 0 Å². The Kier molecular flexibility index (Phi) is 7.74. The highest BCUT2D eigenvalue weighted by molar-refractivity contribution is 7.99. The lowest BCUT2D eigenvalue weighted by Crippen LogP contribution is -2.03. The van der Waals surface area contributed by atoms with Crippen LogP contribution in [0.25, 0.3) is 11.1 Å². The molecule has 3 aromatic rings. The lowest BCUT2D eigenvalue weighted by atomic mass is 10.00. The van der Waals surface area contributed by atoms with Gasteiger partial charge in [0.1, 0.15) is 0 Å². The van der Waals surface area contributed by atoms with Crippen LogP contribution >= 0.6 is 11.8 Å². The third kappa shape index (κ3) is 6.28. The molecular weight excluding hydrogens is 364 g/mol. The number of ether oxygens (including phenoxy) is 1. The number of benzene rings is 3. The van der Waals surface area contributed by atoms with Crippen molar-refractivity contribution in [2.45, 2.75) is 25.0 Å². The molecule has 0 amide bonds. The van der Waals surface area contributed by atoms with Gasteiger partial charge in [0.15, 0.2) is 0 Å². The fraction of sp³-hybridized carbons (Fsp3) is 0.240. The second-order valence-corrected chi connectivity index (χ2v) is 7.79. The van der Waals surface area contributed by atoms with Crippen molar-refractivity contribution in [1.82, 2.24) is 0 Å². The van der Waals surface area contributed by atoms with E-state index in [1.54, 1.807) is 11.8 Å². The number of carbonyl (C=O) groups excluding carboxylic acids is 1. The van der Waals surface area contributed by atoms with Gasteiger partial charge in [-0.3, -0.25) is 4.79 Å². The summed E-state index contributed by atoms with van der Waals surface area (Å²) in [7, 11) is 1.43. The Morgan fingerprint density at radius 3 is 2.21 bits per heavy atom. The lowest BCUT2D eigenvalue weighted by molar-refractivity contribution is -0.137. The van der Waals surface area contributed by atoms with E-state index in [-0.39, 0.29) is 5.97 Å². The number of thioether (sulfide) groups is 1.